The molecule has 0 saturated carbocycles. The van der Waals surface area contributed by atoms with Gasteiger partial charge in [0.15, 0.2) is 0 Å². The highest BCUT2D eigenvalue weighted by Crippen LogP contribution is 2.17. The van der Waals surface area contributed by atoms with Gasteiger partial charge in [-0.3, -0.25) is 0 Å². The number of rotatable bonds is 2. The van der Waals surface area contributed by atoms with Crippen LogP contribution in [0.2, 0.25) is 0 Å². The van der Waals surface area contributed by atoms with Crippen molar-refractivity contribution < 1.29 is 22.7 Å². The van der Waals surface area contributed by atoms with Gasteiger partial charge < -0.3 is 4.74 Å². The zero-order chi connectivity index (χ0) is 9.07. The third-order valence-corrected chi connectivity index (χ3v) is 1.11. The lowest BCUT2D eigenvalue weighted by molar-refractivity contribution is -0.204. The summed E-state index contributed by atoms with van der Waals surface area (Å²) >= 11 is 0. The van der Waals surface area contributed by atoms with E-state index in [0.29, 0.717) is 6.42 Å². The van der Waals surface area contributed by atoms with Gasteiger partial charge in [-0.15, -0.1) is 0 Å². The molecule has 66 valence electrons. The molecule has 1 unspecified atom stereocenters. The Balaban J connectivity index is 3.88. The van der Waals surface area contributed by atoms with Crippen molar-refractivity contribution in [2.75, 3.05) is 0 Å². The van der Waals surface area contributed by atoms with E-state index >= 15 is 0 Å². The van der Waals surface area contributed by atoms with E-state index in [4.69, 9.17) is 0 Å². The summed E-state index contributed by atoms with van der Waals surface area (Å²) in [5.41, 5.74) is 0. The van der Waals surface area contributed by atoms with Crippen molar-refractivity contribution in [3.05, 3.63) is 0 Å². The molecule has 0 saturated heterocycles. The summed E-state index contributed by atoms with van der Waals surface area (Å²) in [5, 5.41) is 0. The first-order valence-corrected chi connectivity index (χ1v) is 3.15. The number of halogens is 3. The summed E-state index contributed by atoms with van der Waals surface area (Å²) in [7, 11) is 0. The average Bonchev–Trinajstić information content (AvgIpc) is 1.85. The number of alkyl halides is 3. The van der Waals surface area contributed by atoms with Gasteiger partial charge in [0.2, 0.25) is 0 Å². The lowest BCUT2D eigenvalue weighted by atomic mass is 10.3. The van der Waals surface area contributed by atoms with Crippen LogP contribution in [0, 0.1) is 0 Å². The van der Waals surface area contributed by atoms with Crippen molar-refractivity contribution >= 4 is 5.97 Å². The minimum absolute atomic E-state index is 0.377. The highest BCUT2D eigenvalue weighted by atomic mass is 19.4. The van der Waals surface area contributed by atoms with Crippen LogP contribution in [-0.4, -0.2) is 18.2 Å². The van der Waals surface area contributed by atoms with Gasteiger partial charge in [0, 0.05) is 0 Å². The zero-order valence-electron chi connectivity index (χ0n) is 6.23. The van der Waals surface area contributed by atoms with E-state index in [1.54, 1.807) is 6.92 Å². The molecular formula is C6H9F3O2. The minimum Gasteiger partial charge on any atom is -0.456 e. The predicted molar refractivity (Wildman–Crippen MR) is 31.9 cm³/mol. The van der Waals surface area contributed by atoms with E-state index in [-0.39, 0.29) is 0 Å². The second-order valence-corrected chi connectivity index (χ2v) is 2.12. The Kier molecular flexibility index (Phi) is 3.35. The van der Waals surface area contributed by atoms with Crippen LogP contribution in [0.25, 0.3) is 0 Å². The van der Waals surface area contributed by atoms with Gasteiger partial charge in [0.1, 0.15) is 0 Å². The van der Waals surface area contributed by atoms with Gasteiger partial charge in [-0.2, -0.15) is 13.2 Å². The van der Waals surface area contributed by atoms with Crippen LogP contribution in [0.15, 0.2) is 0 Å². The molecule has 5 heteroatoms. The highest BCUT2D eigenvalue weighted by molar-refractivity contribution is 5.75. The molecule has 0 aromatic heterocycles. The molecule has 0 aliphatic rings. The van der Waals surface area contributed by atoms with E-state index in [1.165, 1.54) is 6.92 Å². The van der Waals surface area contributed by atoms with Gasteiger partial charge in [-0.1, -0.05) is 6.92 Å². The fourth-order valence-corrected chi connectivity index (χ4v) is 0.333. The minimum atomic E-state index is -4.87. The average molecular weight is 170 g/mol. The van der Waals surface area contributed by atoms with Crippen molar-refractivity contribution in [3.63, 3.8) is 0 Å². The number of esters is 1. The van der Waals surface area contributed by atoms with E-state index < -0.39 is 18.2 Å². The second-order valence-electron chi connectivity index (χ2n) is 2.12. The summed E-state index contributed by atoms with van der Waals surface area (Å²) in [6, 6.07) is 0. The van der Waals surface area contributed by atoms with E-state index in [0.717, 1.165) is 0 Å². The molecule has 1 atom stereocenters. The third-order valence-electron chi connectivity index (χ3n) is 1.11. The Morgan fingerprint density at radius 3 is 2.27 bits per heavy atom. The standard InChI is InChI=1S/C6H9F3O2/c1-3-4(2)11-5(10)6(7,8)9/h4H,3H2,1-2H3. The highest BCUT2D eigenvalue weighted by Gasteiger charge is 2.41. The maximum atomic E-state index is 11.5. The molecule has 0 radical (unpaired) electrons. The quantitative estimate of drug-likeness (QED) is 0.591. The van der Waals surface area contributed by atoms with Crippen molar-refractivity contribution in [2.24, 2.45) is 0 Å². The SMILES string of the molecule is CCC(C)OC(=O)C(F)(F)F. The number of carbonyl (C=O) groups is 1. The Morgan fingerprint density at radius 2 is 2.00 bits per heavy atom. The molecule has 11 heavy (non-hydrogen) atoms. The molecule has 0 rings (SSSR count). The molecule has 0 aliphatic heterocycles. The summed E-state index contributed by atoms with van der Waals surface area (Å²) in [6.45, 7) is 3.04. The Bertz CT molecular complexity index is 141. The lowest BCUT2D eigenvalue weighted by Crippen LogP contribution is -2.28. The molecule has 2 nitrogen and oxygen atoms in total. The smallest absolute Gasteiger partial charge is 0.456 e. The van der Waals surface area contributed by atoms with Crippen LogP contribution in [0.5, 0.6) is 0 Å². The van der Waals surface area contributed by atoms with Crippen LogP contribution >= 0.6 is 0 Å². The van der Waals surface area contributed by atoms with Gasteiger partial charge in [0.25, 0.3) is 0 Å². The Labute approximate surface area is 62.3 Å². The van der Waals surface area contributed by atoms with Crippen molar-refractivity contribution in [1.82, 2.24) is 0 Å². The third kappa shape index (κ3) is 3.85. The van der Waals surface area contributed by atoms with E-state index in [2.05, 4.69) is 4.74 Å². The maximum absolute atomic E-state index is 11.5. The molecule has 0 aromatic rings. The number of hydrogen-bond acceptors (Lipinski definition) is 2. The van der Waals surface area contributed by atoms with Crippen LogP contribution < -0.4 is 0 Å². The lowest BCUT2D eigenvalue weighted by Gasteiger charge is -2.11. The first-order chi connectivity index (χ1) is 4.88. The maximum Gasteiger partial charge on any atom is 0.490 e. The molecule has 0 bridgehead atoms. The number of carbonyl (C=O) groups excluding carboxylic acids is 1. The fraction of sp³-hybridized carbons (Fsp3) is 0.833. The largest absolute Gasteiger partial charge is 0.490 e. The summed E-state index contributed by atoms with van der Waals surface area (Å²) in [6.07, 6.45) is -5.17. The monoisotopic (exact) mass is 170 g/mol. The zero-order valence-corrected chi connectivity index (χ0v) is 6.23. The van der Waals surface area contributed by atoms with Crippen LogP contribution in [0.4, 0.5) is 13.2 Å². The van der Waals surface area contributed by atoms with Crippen LogP contribution in [-0.2, 0) is 9.53 Å². The van der Waals surface area contributed by atoms with Crippen LogP contribution in [0.1, 0.15) is 20.3 Å². The van der Waals surface area contributed by atoms with E-state index in [1.807, 2.05) is 0 Å². The van der Waals surface area contributed by atoms with Gasteiger partial charge in [-0.25, -0.2) is 4.79 Å². The van der Waals surface area contributed by atoms with Crippen LogP contribution in [0.3, 0.4) is 0 Å². The second kappa shape index (κ2) is 3.59. The number of hydrogen-bond donors (Lipinski definition) is 0. The van der Waals surface area contributed by atoms with Gasteiger partial charge in [0.05, 0.1) is 6.10 Å². The summed E-state index contributed by atoms with van der Waals surface area (Å²) in [4.78, 5) is 10.1. The molecule has 0 spiro atoms. The first kappa shape index (κ1) is 10.3. The fourth-order valence-electron chi connectivity index (χ4n) is 0.333. The molecule has 0 aromatic carbocycles. The Morgan fingerprint density at radius 1 is 1.55 bits per heavy atom. The first-order valence-electron chi connectivity index (χ1n) is 3.15. The topological polar surface area (TPSA) is 26.3 Å². The van der Waals surface area contributed by atoms with Crippen molar-refractivity contribution in [2.45, 2.75) is 32.5 Å². The van der Waals surface area contributed by atoms with Crippen molar-refractivity contribution in [1.29, 1.82) is 0 Å². The summed E-state index contributed by atoms with van der Waals surface area (Å²) < 4.78 is 38.4. The molecule has 0 amide bonds. The number of ether oxygens (including phenoxy) is 1. The Hall–Kier alpha value is -0.740. The molecule has 0 aliphatic carbocycles. The van der Waals surface area contributed by atoms with E-state index in [9.17, 15) is 18.0 Å². The van der Waals surface area contributed by atoms with Gasteiger partial charge >= 0.3 is 12.1 Å². The summed E-state index contributed by atoms with van der Waals surface area (Å²) in [5.74, 6) is -2.12. The molecular weight excluding hydrogens is 161 g/mol. The molecule has 0 fully saturated rings. The normalized spacial score (nSPS) is 14.3. The molecule has 0 N–H and O–H groups in total. The van der Waals surface area contributed by atoms with Gasteiger partial charge in [-0.05, 0) is 13.3 Å². The molecule has 0 heterocycles. The van der Waals surface area contributed by atoms with Crippen molar-refractivity contribution in [3.8, 4) is 0 Å². The predicted octanol–water partition coefficient (Wildman–Crippen LogP) is 1.89.